The van der Waals surface area contributed by atoms with Crippen LogP contribution in [0.1, 0.15) is 31.7 Å². The van der Waals surface area contributed by atoms with E-state index in [-0.39, 0.29) is 12.1 Å². The van der Waals surface area contributed by atoms with E-state index in [0.717, 1.165) is 41.4 Å². The van der Waals surface area contributed by atoms with Crippen molar-refractivity contribution < 1.29 is 20.1 Å². The minimum absolute atomic E-state index is 0.0909. The Morgan fingerprint density at radius 2 is 2.03 bits per heavy atom. The normalized spacial score (nSPS) is 19.0. The number of carbonyl (C=O) groups excluding carboxylic acids is 1. The van der Waals surface area contributed by atoms with Gasteiger partial charge in [-0.25, -0.2) is 0 Å². The van der Waals surface area contributed by atoms with E-state index >= 15 is 0 Å². The molecule has 0 saturated carbocycles. The number of hydrogen-bond donors (Lipinski definition) is 4. The summed E-state index contributed by atoms with van der Waals surface area (Å²) in [5, 5.41) is 42.3. The molecule has 0 spiro atoms. The molecule has 0 radical (unpaired) electrons. The molecule has 0 aromatic heterocycles. The number of rotatable bonds is 7. The van der Waals surface area contributed by atoms with Crippen LogP contribution in [0, 0.1) is 11.3 Å². The predicted octanol–water partition coefficient (Wildman–Crippen LogP) is 1.96. The molecule has 1 amide bonds. The standard InChI is InChI=1S/C24H29N3O4/c1-16-6-4-5-11-27(16)23-18(10-9-17-7-2-3-8-20(17)23)12-19(13-25)24(31)26-14-21(29)22(30)15-28/h2-3,7-10,12,16,21-22,28-30H,4-6,11,14-15H2,1H3,(H,26,31)/b19-12+. The summed E-state index contributed by atoms with van der Waals surface area (Å²) in [5.41, 5.74) is 1.71. The van der Waals surface area contributed by atoms with Gasteiger partial charge >= 0.3 is 0 Å². The van der Waals surface area contributed by atoms with E-state index in [2.05, 4.69) is 23.2 Å². The van der Waals surface area contributed by atoms with Crippen molar-refractivity contribution in [3.05, 3.63) is 47.5 Å². The van der Waals surface area contributed by atoms with Crippen molar-refractivity contribution in [1.82, 2.24) is 5.32 Å². The number of nitriles is 1. The Morgan fingerprint density at radius 3 is 2.74 bits per heavy atom. The van der Waals surface area contributed by atoms with E-state index in [4.69, 9.17) is 5.11 Å². The van der Waals surface area contributed by atoms with Gasteiger partial charge in [0.05, 0.1) is 18.4 Å². The number of fused-ring (bicyclic) bond motifs is 1. The summed E-state index contributed by atoms with van der Waals surface area (Å²) < 4.78 is 0. The third-order valence-corrected chi connectivity index (χ3v) is 5.79. The second kappa shape index (κ2) is 10.4. The maximum absolute atomic E-state index is 12.5. The number of nitrogens with one attached hydrogen (secondary N) is 1. The van der Waals surface area contributed by atoms with E-state index in [0.29, 0.717) is 6.04 Å². The van der Waals surface area contributed by atoms with Crippen LogP contribution in [-0.2, 0) is 4.79 Å². The molecule has 2 aromatic rings. The molecule has 1 aliphatic rings. The van der Waals surface area contributed by atoms with Crippen molar-refractivity contribution in [3.8, 4) is 6.07 Å². The van der Waals surface area contributed by atoms with E-state index in [1.807, 2.05) is 36.4 Å². The number of piperidine rings is 1. The summed E-state index contributed by atoms with van der Waals surface area (Å²) in [6.45, 7) is 2.22. The average molecular weight is 424 g/mol. The molecule has 1 saturated heterocycles. The highest BCUT2D eigenvalue weighted by atomic mass is 16.4. The smallest absolute Gasteiger partial charge is 0.262 e. The minimum Gasteiger partial charge on any atom is -0.394 e. The number of anilines is 1. The summed E-state index contributed by atoms with van der Waals surface area (Å²) in [5.74, 6) is -0.641. The molecule has 1 heterocycles. The summed E-state index contributed by atoms with van der Waals surface area (Å²) in [7, 11) is 0. The van der Waals surface area contributed by atoms with E-state index in [1.54, 1.807) is 6.08 Å². The fourth-order valence-electron chi connectivity index (χ4n) is 3.99. The molecule has 7 nitrogen and oxygen atoms in total. The van der Waals surface area contributed by atoms with Gasteiger partial charge in [0.2, 0.25) is 0 Å². The van der Waals surface area contributed by atoms with Crippen LogP contribution in [0.25, 0.3) is 16.8 Å². The number of carbonyl (C=O) groups is 1. The summed E-state index contributed by atoms with van der Waals surface area (Å²) in [4.78, 5) is 14.9. The van der Waals surface area contributed by atoms with Crippen LogP contribution in [-0.4, -0.2) is 59.2 Å². The molecule has 0 aliphatic carbocycles. The number of nitrogens with zero attached hydrogens (tertiary/aromatic N) is 2. The fraction of sp³-hybridized carbons (Fsp3) is 0.417. The topological polar surface area (TPSA) is 117 Å². The van der Waals surface area contributed by atoms with Crippen LogP contribution in [0.3, 0.4) is 0 Å². The van der Waals surface area contributed by atoms with Gasteiger partial charge in [0.15, 0.2) is 0 Å². The quantitative estimate of drug-likeness (QED) is 0.400. The monoisotopic (exact) mass is 423 g/mol. The lowest BCUT2D eigenvalue weighted by molar-refractivity contribution is -0.118. The van der Waals surface area contributed by atoms with Crippen LogP contribution in [0.5, 0.6) is 0 Å². The molecule has 7 heteroatoms. The first-order valence-corrected chi connectivity index (χ1v) is 10.6. The van der Waals surface area contributed by atoms with Crippen LogP contribution >= 0.6 is 0 Å². The fourth-order valence-corrected chi connectivity index (χ4v) is 3.99. The van der Waals surface area contributed by atoms with E-state index in [9.17, 15) is 20.3 Å². The van der Waals surface area contributed by atoms with Crippen LogP contribution in [0.15, 0.2) is 42.0 Å². The molecule has 2 aromatic carbocycles. The zero-order chi connectivity index (χ0) is 22.4. The number of amides is 1. The van der Waals surface area contributed by atoms with Crippen molar-refractivity contribution >= 4 is 28.4 Å². The number of aliphatic hydroxyl groups is 3. The Hall–Kier alpha value is -2.92. The summed E-state index contributed by atoms with van der Waals surface area (Å²) in [6.07, 6.45) is 2.26. The first-order valence-electron chi connectivity index (χ1n) is 10.6. The Labute approximate surface area is 182 Å². The number of hydrogen-bond acceptors (Lipinski definition) is 6. The number of benzene rings is 2. The molecule has 3 unspecified atom stereocenters. The lowest BCUT2D eigenvalue weighted by atomic mass is 9.96. The Balaban J connectivity index is 1.97. The van der Waals surface area contributed by atoms with Crippen molar-refractivity contribution in [2.45, 2.75) is 44.4 Å². The summed E-state index contributed by atoms with van der Waals surface area (Å²) >= 11 is 0. The van der Waals surface area contributed by atoms with Crippen molar-refractivity contribution in [1.29, 1.82) is 5.26 Å². The highest BCUT2D eigenvalue weighted by Crippen LogP contribution is 2.36. The molecule has 1 aliphatic heterocycles. The van der Waals surface area contributed by atoms with Crippen molar-refractivity contribution in [2.75, 3.05) is 24.6 Å². The average Bonchev–Trinajstić information content (AvgIpc) is 2.80. The molecule has 31 heavy (non-hydrogen) atoms. The molecule has 4 N–H and O–H groups in total. The minimum atomic E-state index is -1.36. The third kappa shape index (κ3) is 5.23. The van der Waals surface area contributed by atoms with Crippen LogP contribution in [0.2, 0.25) is 0 Å². The zero-order valence-electron chi connectivity index (χ0n) is 17.7. The van der Waals surface area contributed by atoms with E-state index < -0.39 is 24.7 Å². The second-order valence-electron chi connectivity index (χ2n) is 7.96. The van der Waals surface area contributed by atoms with Crippen LogP contribution < -0.4 is 10.2 Å². The van der Waals surface area contributed by atoms with Gasteiger partial charge in [-0.2, -0.15) is 5.26 Å². The molecule has 3 rings (SSSR count). The van der Waals surface area contributed by atoms with Gasteiger partial charge < -0.3 is 25.5 Å². The van der Waals surface area contributed by atoms with Crippen molar-refractivity contribution in [3.63, 3.8) is 0 Å². The first-order chi connectivity index (χ1) is 15.0. The number of aliphatic hydroxyl groups excluding tert-OH is 3. The maximum Gasteiger partial charge on any atom is 0.262 e. The predicted molar refractivity (Wildman–Crippen MR) is 120 cm³/mol. The Bertz CT molecular complexity index is 998. The highest BCUT2D eigenvalue weighted by molar-refractivity contribution is 6.05. The molecular formula is C24H29N3O4. The molecule has 0 bridgehead atoms. The maximum atomic E-state index is 12.5. The summed E-state index contributed by atoms with van der Waals surface area (Å²) in [6, 6.07) is 14.3. The molecule has 3 atom stereocenters. The van der Waals surface area contributed by atoms with Gasteiger partial charge in [-0.3, -0.25) is 4.79 Å². The SMILES string of the molecule is CC1CCCCN1c1c(/C=C(\C#N)C(=O)NCC(O)C(O)CO)ccc2ccccc12. The van der Waals surface area contributed by atoms with Gasteiger partial charge in [-0.05, 0) is 43.2 Å². The van der Waals surface area contributed by atoms with Crippen molar-refractivity contribution in [2.24, 2.45) is 0 Å². The third-order valence-electron chi connectivity index (χ3n) is 5.79. The van der Waals surface area contributed by atoms with Gasteiger partial charge in [0.1, 0.15) is 17.7 Å². The Kier molecular flexibility index (Phi) is 7.64. The van der Waals surface area contributed by atoms with Crippen LogP contribution in [0.4, 0.5) is 5.69 Å². The van der Waals surface area contributed by atoms with Gasteiger partial charge in [0, 0.05) is 24.5 Å². The largest absolute Gasteiger partial charge is 0.394 e. The lowest BCUT2D eigenvalue weighted by Gasteiger charge is -2.37. The lowest BCUT2D eigenvalue weighted by Crippen LogP contribution is -2.40. The Morgan fingerprint density at radius 1 is 1.26 bits per heavy atom. The van der Waals surface area contributed by atoms with Gasteiger partial charge in [-0.15, -0.1) is 0 Å². The van der Waals surface area contributed by atoms with Gasteiger partial charge in [-0.1, -0.05) is 36.4 Å². The molecular weight excluding hydrogens is 394 g/mol. The van der Waals surface area contributed by atoms with E-state index in [1.165, 1.54) is 6.42 Å². The zero-order valence-corrected chi connectivity index (χ0v) is 17.7. The molecule has 1 fully saturated rings. The molecule has 164 valence electrons. The highest BCUT2D eigenvalue weighted by Gasteiger charge is 2.23. The van der Waals surface area contributed by atoms with Gasteiger partial charge in [0.25, 0.3) is 5.91 Å². The second-order valence-corrected chi connectivity index (χ2v) is 7.96. The first kappa shape index (κ1) is 22.8.